The zero-order valence-electron chi connectivity index (χ0n) is 16.3. The molecule has 0 saturated carbocycles. The molecule has 7 nitrogen and oxygen atoms in total. The zero-order valence-corrected chi connectivity index (χ0v) is 17.1. The van der Waals surface area contributed by atoms with Crippen LogP contribution in [0, 0.1) is 5.92 Å². The number of ether oxygens (including phenoxy) is 2. The van der Waals surface area contributed by atoms with Crippen molar-refractivity contribution in [3.8, 4) is 11.5 Å². The number of hydrogen-bond acceptors (Lipinski definition) is 5. The molecule has 2 aromatic rings. The van der Waals surface area contributed by atoms with Gasteiger partial charge in [0.15, 0.2) is 5.92 Å². The average molecular weight is 438 g/mol. The molecule has 0 spiro atoms. The van der Waals surface area contributed by atoms with Crippen LogP contribution in [0.5, 0.6) is 11.5 Å². The zero-order chi connectivity index (χ0) is 22.0. The van der Waals surface area contributed by atoms with E-state index in [0.29, 0.717) is 27.9 Å². The van der Waals surface area contributed by atoms with Crippen LogP contribution in [-0.4, -0.2) is 38.3 Å². The van der Waals surface area contributed by atoms with Crippen LogP contribution in [0.3, 0.4) is 0 Å². The minimum atomic E-state index is -2.95. The van der Waals surface area contributed by atoms with Gasteiger partial charge in [0.05, 0.1) is 18.5 Å². The second-order valence-electron chi connectivity index (χ2n) is 6.44. The van der Waals surface area contributed by atoms with Gasteiger partial charge in [-0.3, -0.25) is 9.59 Å². The lowest BCUT2D eigenvalue weighted by Crippen LogP contribution is -2.41. The largest absolute Gasteiger partial charge is 0.497 e. The molecule has 1 aliphatic heterocycles. The van der Waals surface area contributed by atoms with Gasteiger partial charge in [0.2, 0.25) is 5.91 Å². The van der Waals surface area contributed by atoms with E-state index in [9.17, 15) is 18.4 Å². The summed E-state index contributed by atoms with van der Waals surface area (Å²) in [6.07, 6.45) is 0. The molecule has 3 rings (SSSR count). The van der Waals surface area contributed by atoms with Gasteiger partial charge in [-0.25, -0.2) is 0 Å². The lowest BCUT2D eigenvalue weighted by Gasteiger charge is -2.22. The van der Waals surface area contributed by atoms with Crippen LogP contribution in [0.1, 0.15) is 6.92 Å². The molecule has 2 aromatic carbocycles. The van der Waals surface area contributed by atoms with Gasteiger partial charge in [-0.05, 0) is 43.3 Å². The summed E-state index contributed by atoms with van der Waals surface area (Å²) in [4.78, 5) is 27.3. The van der Waals surface area contributed by atoms with E-state index in [2.05, 4.69) is 9.84 Å². The maximum Gasteiger partial charge on any atom is 0.387 e. The van der Waals surface area contributed by atoms with E-state index in [1.54, 1.807) is 25.1 Å². The van der Waals surface area contributed by atoms with Gasteiger partial charge in [0.25, 0.3) is 5.91 Å². The number of nitrogens with zero attached hydrogens (tertiary/aromatic N) is 3. The predicted octanol–water partition coefficient (Wildman–Crippen LogP) is 3.95. The van der Waals surface area contributed by atoms with Gasteiger partial charge in [-0.2, -0.15) is 18.9 Å². The van der Waals surface area contributed by atoms with Gasteiger partial charge in [0.1, 0.15) is 11.5 Å². The fourth-order valence-corrected chi connectivity index (χ4v) is 3.20. The Morgan fingerprint density at radius 1 is 1.20 bits per heavy atom. The molecule has 0 aliphatic carbocycles. The van der Waals surface area contributed by atoms with Crippen molar-refractivity contribution in [2.45, 2.75) is 13.5 Å². The quantitative estimate of drug-likeness (QED) is 0.641. The summed E-state index contributed by atoms with van der Waals surface area (Å²) in [7, 11) is 3.00. The van der Waals surface area contributed by atoms with Crippen molar-refractivity contribution in [2.75, 3.05) is 24.1 Å². The predicted molar refractivity (Wildman–Crippen MR) is 109 cm³/mol. The number of alkyl halides is 2. The lowest BCUT2D eigenvalue weighted by molar-refractivity contribution is -0.128. The van der Waals surface area contributed by atoms with Crippen LogP contribution >= 0.6 is 11.6 Å². The maximum atomic E-state index is 13.0. The van der Waals surface area contributed by atoms with Crippen molar-refractivity contribution >= 4 is 40.5 Å². The molecule has 10 heteroatoms. The molecule has 1 heterocycles. The number of methoxy groups -OCH3 is 1. The van der Waals surface area contributed by atoms with Gasteiger partial charge in [-0.1, -0.05) is 11.6 Å². The Labute approximate surface area is 176 Å². The van der Waals surface area contributed by atoms with Gasteiger partial charge in [0, 0.05) is 23.8 Å². The van der Waals surface area contributed by atoms with E-state index < -0.39 is 24.3 Å². The van der Waals surface area contributed by atoms with Gasteiger partial charge >= 0.3 is 6.61 Å². The molecule has 2 amide bonds. The maximum absolute atomic E-state index is 13.0. The third kappa shape index (κ3) is 4.35. The molecule has 0 radical (unpaired) electrons. The summed E-state index contributed by atoms with van der Waals surface area (Å²) < 4.78 is 34.1. The highest BCUT2D eigenvalue weighted by atomic mass is 35.5. The Balaban J connectivity index is 1.81. The number of hydrazone groups is 1. The first-order valence-electron chi connectivity index (χ1n) is 8.77. The van der Waals surface area contributed by atoms with Crippen molar-refractivity contribution in [1.82, 2.24) is 0 Å². The van der Waals surface area contributed by atoms with Crippen molar-refractivity contribution in [1.29, 1.82) is 0 Å². The van der Waals surface area contributed by atoms with E-state index >= 15 is 0 Å². The van der Waals surface area contributed by atoms with E-state index in [-0.39, 0.29) is 5.75 Å². The fourth-order valence-electron chi connectivity index (χ4n) is 2.98. The van der Waals surface area contributed by atoms with Crippen LogP contribution < -0.4 is 19.4 Å². The first-order chi connectivity index (χ1) is 14.2. The molecule has 0 N–H and O–H groups in total. The first kappa shape index (κ1) is 21.5. The summed E-state index contributed by atoms with van der Waals surface area (Å²) >= 11 is 6.07. The third-order valence-electron chi connectivity index (χ3n) is 4.49. The monoisotopic (exact) mass is 437 g/mol. The SMILES string of the molecule is COc1cc(Cl)cc(N(C)C(=O)C2C(=O)N(c3ccc(OC(F)F)cc3)N=C2C)c1. The highest BCUT2D eigenvalue weighted by molar-refractivity contribution is 6.31. The summed E-state index contributed by atoms with van der Waals surface area (Å²) in [6.45, 7) is -1.38. The second-order valence-corrected chi connectivity index (χ2v) is 6.88. The third-order valence-corrected chi connectivity index (χ3v) is 4.71. The average Bonchev–Trinajstić information content (AvgIpc) is 3.00. The van der Waals surface area contributed by atoms with Gasteiger partial charge < -0.3 is 14.4 Å². The van der Waals surface area contributed by atoms with Crippen LogP contribution in [0.4, 0.5) is 20.2 Å². The molecule has 158 valence electrons. The minimum Gasteiger partial charge on any atom is -0.497 e. The van der Waals surface area contributed by atoms with Crippen molar-refractivity contribution < 1.29 is 27.8 Å². The van der Waals surface area contributed by atoms with Crippen molar-refractivity contribution in [3.05, 3.63) is 47.5 Å². The number of halogens is 3. The normalized spacial score (nSPS) is 16.0. The smallest absolute Gasteiger partial charge is 0.387 e. The molecule has 0 aromatic heterocycles. The topological polar surface area (TPSA) is 71.4 Å². The highest BCUT2D eigenvalue weighted by Crippen LogP contribution is 2.30. The van der Waals surface area contributed by atoms with Crippen LogP contribution in [0.25, 0.3) is 0 Å². The minimum absolute atomic E-state index is 0.0524. The van der Waals surface area contributed by atoms with E-state index in [0.717, 1.165) is 5.01 Å². The summed E-state index contributed by atoms with van der Waals surface area (Å²) in [5.41, 5.74) is 1.08. The Bertz CT molecular complexity index is 998. The second kappa shape index (κ2) is 8.66. The molecule has 30 heavy (non-hydrogen) atoms. The Morgan fingerprint density at radius 2 is 1.87 bits per heavy atom. The number of benzene rings is 2. The summed E-state index contributed by atoms with van der Waals surface area (Å²) in [5.74, 6) is -1.76. The number of carbonyl (C=O) groups excluding carboxylic acids is 2. The summed E-state index contributed by atoms with van der Waals surface area (Å²) in [5, 5.41) is 5.61. The molecule has 0 bridgehead atoms. The molecule has 1 unspecified atom stereocenters. The number of hydrogen-bond donors (Lipinski definition) is 0. The van der Waals surface area contributed by atoms with Crippen molar-refractivity contribution in [3.63, 3.8) is 0 Å². The molecule has 0 fully saturated rings. The van der Waals surface area contributed by atoms with E-state index in [1.807, 2.05) is 0 Å². The van der Waals surface area contributed by atoms with Crippen LogP contribution in [0.15, 0.2) is 47.6 Å². The molecular weight excluding hydrogens is 420 g/mol. The standard InChI is InChI=1S/C20H18ClF2N3O4/c1-11-17(18(27)25(2)14-8-12(21)9-16(10-14)29-3)19(28)26(24-11)13-4-6-15(7-5-13)30-20(22)23/h4-10,17,20H,1-3H3. The molecule has 1 atom stereocenters. The van der Waals surface area contributed by atoms with Crippen molar-refractivity contribution in [2.24, 2.45) is 11.0 Å². The van der Waals surface area contributed by atoms with Crippen LogP contribution in [-0.2, 0) is 9.59 Å². The number of anilines is 2. The number of carbonyl (C=O) groups is 2. The summed E-state index contributed by atoms with van der Waals surface area (Å²) in [6, 6.07) is 10.2. The first-order valence-corrected chi connectivity index (χ1v) is 9.15. The highest BCUT2D eigenvalue weighted by Gasteiger charge is 2.41. The Hall–Kier alpha value is -3.20. The Kier molecular flexibility index (Phi) is 6.21. The Morgan fingerprint density at radius 3 is 2.47 bits per heavy atom. The van der Waals surface area contributed by atoms with Gasteiger partial charge in [-0.15, -0.1) is 0 Å². The number of rotatable bonds is 6. The fraction of sp³-hybridized carbons (Fsp3) is 0.250. The number of amides is 2. The van der Waals surface area contributed by atoms with E-state index in [1.165, 1.54) is 43.3 Å². The molecule has 0 saturated heterocycles. The van der Waals surface area contributed by atoms with Crippen LogP contribution in [0.2, 0.25) is 5.02 Å². The lowest BCUT2D eigenvalue weighted by atomic mass is 10.0. The molecular formula is C20H18ClF2N3O4. The van der Waals surface area contributed by atoms with E-state index in [4.69, 9.17) is 16.3 Å². The molecule has 1 aliphatic rings.